The molecule has 2 amide bonds. The number of anilines is 2. The first kappa shape index (κ1) is 79.6. The van der Waals surface area contributed by atoms with Gasteiger partial charge in [-0.05, 0) is 124 Å². The van der Waals surface area contributed by atoms with E-state index < -0.39 is 68.3 Å². The number of carboxylic acid groups (broad SMARTS) is 1. The van der Waals surface area contributed by atoms with Crippen molar-refractivity contribution in [3.05, 3.63) is 138 Å². The van der Waals surface area contributed by atoms with E-state index in [1.54, 1.807) is 26.3 Å². The Bertz CT molecular complexity index is 3990. The minimum atomic E-state index is -4.71. The Morgan fingerprint density at radius 1 is 1.01 bits per heavy atom. The third-order valence-electron chi connectivity index (χ3n) is 14.2. The second kappa shape index (κ2) is 35.9. The smallest absolute Gasteiger partial charge is 0.416 e. The molecule has 2 aromatic heterocycles. The molecule has 4 N–H and O–H groups in total. The number of esters is 1. The molecule has 9 rings (SSSR count). The topological polar surface area (TPSA) is 303 Å². The zero-order valence-corrected chi connectivity index (χ0v) is 59.1. The number of aryl methyl sites for hydroxylation is 2. The van der Waals surface area contributed by atoms with Crippen molar-refractivity contribution in [2.75, 3.05) is 67.9 Å². The number of hydrogen-bond acceptors (Lipinski definition) is 18. The average molecular weight is 1490 g/mol. The number of ether oxygens (including phenoxy) is 3. The van der Waals surface area contributed by atoms with Gasteiger partial charge in [0.2, 0.25) is 10.7 Å². The molecule has 3 aliphatic rings. The number of benzene rings is 4. The summed E-state index contributed by atoms with van der Waals surface area (Å²) in [4.78, 5) is 85.7. The number of halogens is 8. The summed E-state index contributed by atoms with van der Waals surface area (Å²) < 4.78 is 111. The molecule has 22 nitrogen and oxygen atoms in total. The van der Waals surface area contributed by atoms with E-state index in [-0.39, 0.29) is 80.7 Å². The van der Waals surface area contributed by atoms with Crippen molar-refractivity contribution in [1.29, 1.82) is 0 Å². The number of hydrogen-bond donors (Lipinski definition) is 3. The van der Waals surface area contributed by atoms with Gasteiger partial charge in [-0.15, -0.1) is 23.4 Å². The van der Waals surface area contributed by atoms with Crippen LogP contribution in [0, 0.1) is 12.7 Å². The maximum atomic E-state index is 14.3. The number of nitrogens with zero attached hydrogens (tertiary/aromatic N) is 6. The van der Waals surface area contributed by atoms with Crippen LogP contribution in [0.25, 0.3) is 0 Å². The zero-order chi connectivity index (χ0) is 70.9. The van der Waals surface area contributed by atoms with E-state index in [9.17, 15) is 59.3 Å². The van der Waals surface area contributed by atoms with E-state index in [2.05, 4.69) is 27.9 Å². The van der Waals surface area contributed by atoms with Gasteiger partial charge >= 0.3 is 23.0 Å². The van der Waals surface area contributed by atoms with E-state index in [1.165, 1.54) is 26.0 Å². The van der Waals surface area contributed by atoms with Gasteiger partial charge in [-0.3, -0.25) is 38.0 Å². The highest BCUT2D eigenvalue weighted by Crippen LogP contribution is 2.43. The van der Waals surface area contributed by atoms with E-state index in [0.29, 0.717) is 59.6 Å². The summed E-state index contributed by atoms with van der Waals surface area (Å²) in [6, 6.07) is 17.0. The number of fused-ring (bicyclic) bond motifs is 2. The second-order valence-electron chi connectivity index (χ2n) is 21.8. The molecule has 34 heteroatoms. The van der Waals surface area contributed by atoms with Crippen LogP contribution in [-0.4, -0.2) is 144 Å². The summed E-state index contributed by atoms with van der Waals surface area (Å²) in [5.41, 5.74) is 7.73. The molecule has 0 saturated heterocycles. The highest BCUT2D eigenvalue weighted by molar-refractivity contribution is 8.00. The number of thioether (sulfide) groups is 1. The van der Waals surface area contributed by atoms with Crippen LogP contribution in [0.5, 0.6) is 5.75 Å². The number of carbonyl (C=O) groups excluding carboxylic acids is 4. The van der Waals surface area contributed by atoms with Crippen LogP contribution in [0.15, 0.2) is 103 Å². The molecule has 95 heavy (non-hydrogen) atoms. The molecule has 4 heterocycles. The van der Waals surface area contributed by atoms with Gasteiger partial charge in [0.05, 0.1) is 70.2 Å². The van der Waals surface area contributed by atoms with Gasteiger partial charge in [-0.2, -0.15) is 13.2 Å². The number of aliphatic carboxylic acids is 1. The van der Waals surface area contributed by atoms with Gasteiger partial charge < -0.3 is 44.3 Å². The lowest BCUT2D eigenvalue weighted by Gasteiger charge is -2.35. The zero-order valence-electron chi connectivity index (χ0n) is 52.7. The summed E-state index contributed by atoms with van der Waals surface area (Å²) in [6.07, 6.45) is 1.63. The number of sulfone groups is 1. The molecular formula is C61H72Cl4F4N7O15PS3. The third kappa shape index (κ3) is 22.7. The number of nitrogens with two attached hydrogens (primary N) is 1. The van der Waals surface area contributed by atoms with Gasteiger partial charge in [0.15, 0.2) is 33.6 Å². The predicted octanol–water partition coefficient (Wildman–Crippen LogP) is 11.5. The lowest BCUT2D eigenvalue weighted by atomic mass is 10.0. The monoisotopic (exact) mass is 1490 g/mol. The second-order valence-corrected chi connectivity index (χ2v) is 30.0. The molecule has 6 aromatic rings. The Balaban J connectivity index is 0.000000220. The molecule has 2 aliphatic heterocycles. The predicted molar refractivity (Wildman–Crippen MR) is 357 cm³/mol. The Hall–Kier alpha value is -6.11. The molecule has 4 atom stereocenters. The maximum Gasteiger partial charge on any atom is 0.416 e. The van der Waals surface area contributed by atoms with Crippen molar-refractivity contribution >= 4 is 133 Å². The number of para-hydroxylation sites is 3. The molecule has 1 fully saturated rings. The molecule has 0 spiro atoms. The molecule has 4 aromatic carbocycles. The van der Waals surface area contributed by atoms with Crippen LogP contribution in [0.1, 0.15) is 97.2 Å². The van der Waals surface area contributed by atoms with Crippen molar-refractivity contribution in [3.8, 4) is 5.75 Å². The SMILES string of the molecule is CC1COc2ccccc2N1C(=O)C(Cl)Cl.CCc1cccc(C)c1N(C(=O)CCl)C(C)COC.COC(=O)CSc1cc(N=c2sc(=O)n3n2CCCC3)c(F)cc1Cl.CP(=O)(O)CCC(N)C(=O)O.CS(=O)(=O)c1cc(C(F)(F)F)ccc1C(=O)c1cnoc1C1CC1. The minimum absolute atomic E-state index is 0.0223. The molecular weight excluding hydrogens is 1420 g/mol. The lowest BCUT2D eigenvalue weighted by Crippen LogP contribution is -2.47. The number of rotatable bonds is 19. The van der Waals surface area contributed by atoms with Crippen LogP contribution >= 0.6 is 76.9 Å². The van der Waals surface area contributed by atoms with E-state index in [1.807, 2.05) is 57.2 Å². The highest BCUT2D eigenvalue weighted by atomic mass is 35.5. The molecule has 1 saturated carbocycles. The van der Waals surface area contributed by atoms with Gasteiger partial charge in [0, 0.05) is 55.7 Å². The minimum Gasteiger partial charge on any atom is -0.489 e. The van der Waals surface area contributed by atoms with E-state index >= 15 is 0 Å². The maximum absolute atomic E-state index is 14.3. The van der Waals surface area contributed by atoms with Crippen LogP contribution < -0.4 is 29.9 Å². The summed E-state index contributed by atoms with van der Waals surface area (Å²) in [5, 5.41) is 12.0. The lowest BCUT2D eigenvalue weighted by molar-refractivity contribution is -0.139. The molecule has 520 valence electrons. The Labute approximate surface area is 573 Å². The molecule has 4 unspecified atom stereocenters. The number of alkyl halides is 6. The first-order chi connectivity index (χ1) is 44.6. The number of carboxylic acids is 1. The van der Waals surface area contributed by atoms with Crippen molar-refractivity contribution in [3.63, 3.8) is 0 Å². The van der Waals surface area contributed by atoms with Crippen LogP contribution in [-0.2, 0) is 68.7 Å². The van der Waals surface area contributed by atoms with Gasteiger partial charge in [-0.25, -0.2) is 22.5 Å². The number of aromatic nitrogens is 3. The fraction of sp³-hybridized carbons (Fsp3) is 0.443. The average Bonchev–Trinajstić information content (AvgIpc) is 1.77. The molecule has 0 bridgehead atoms. The molecule has 1 aliphatic carbocycles. The summed E-state index contributed by atoms with van der Waals surface area (Å²) in [6.45, 7) is 11.4. The van der Waals surface area contributed by atoms with Gasteiger partial charge in [0.25, 0.3) is 5.91 Å². The Morgan fingerprint density at radius 3 is 2.25 bits per heavy atom. The highest BCUT2D eigenvalue weighted by Gasteiger charge is 2.37. The van der Waals surface area contributed by atoms with Crippen molar-refractivity contribution in [1.82, 2.24) is 14.5 Å². The number of methoxy groups -OCH3 is 2. The van der Waals surface area contributed by atoms with E-state index in [0.717, 1.165) is 96.1 Å². The molecule has 0 radical (unpaired) electrons. The first-order valence-electron chi connectivity index (χ1n) is 29.1. The summed E-state index contributed by atoms with van der Waals surface area (Å²) in [5.74, 6) is -2.13. The number of amides is 2. The largest absolute Gasteiger partial charge is 0.489 e. The summed E-state index contributed by atoms with van der Waals surface area (Å²) >= 11 is 25.2. The number of carbonyl (C=O) groups is 5. The van der Waals surface area contributed by atoms with Crippen molar-refractivity contribution < 1.29 is 83.3 Å². The van der Waals surface area contributed by atoms with E-state index in [4.69, 9.17) is 76.1 Å². The third-order valence-corrected chi connectivity index (χ3v) is 19.4. The van der Waals surface area contributed by atoms with Crippen LogP contribution in [0.3, 0.4) is 0 Å². The quantitative estimate of drug-likeness (QED) is 0.0169. The van der Waals surface area contributed by atoms with Crippen LogP contribution in [0.4, 0.5) is 34.6 Å². The van der Waals surface area contributed by atoms with Crippen molar-refractivity contribution in [2.45, 2.75) is 124 Å². The van der Waals surface area contributed by atoms with Gasteiger partial charge in [0.1, 0.15) is 35.8 Å². The Morgan fingerprint density at radius 2 is 1.67 bits per heavy atom. The number of ketones is 1. The first-order valence-corrected chi connectivity index (χ1v) is 36.9. The fourth-order valence-electron chi connectivity index (χ4n) is 9.39. The standard InChI is InChI=1S/C15H15ClFN3O3S2.C15H22ClNO2.C15H12F3NO4S.C11H11Cl2NO2.C5H12NO4P/c1-23-13(21)8-24-12-7-11(10(17)6-9(12)16)18-14-19-4-2-3-5-20(19)15(22)25-14;1-5-13-8-6-7-11(2)15(13)17(14(18)9-16)12(3)10-19-4;1-24(21,22)12-6-9(15(16,17)18)4-5-10(12)13(20)11-7-19-23-14(11)8-2-3-8;1-7-6-16-9-5-3-2-4-8(9)14(7)11(15)10(12)13;1-11(9,10)3-2-4(6)5(7)8/h6-7H,2-5,8H2,1H3;6-8,12H,5,9-10H2,1-4H3;4-8H,2-3H2,1H3;2-5,7,10H,6H2,1H3;4H,2-3,6H2,1H3,(H,7,8)(H,9,10). The Kier molecular flexibility index (Phi) is 30.1. The summed E-state index contributed by atoms with van der Waals surface area (Å²) in [7, 11) is -4.21. The van der Waals surface area contributed by atoms with Crippen LogP contribution in [0.2, 0.25) is 5.02 Å². The van der Waals surface area contributed by atoms with Gasteiger partial charge in [-0.1, -0.05) is 77.2 Å². The normalized spacial score (nSPS) is 15.6. The van der Waals surface area contributed by atoms with Crippen molar-refractivity contribution in [2.24, 2.45) is 10.7 Å². The fourth-order valence-corrected chi connectivity index (χ4v) is 13.4.